The number of benzene rings is 10. The molecule has 0 bridgehead atoms. The van der Waals surface area contributed by atoms with E-state index in [1.807, 2.05) is 36.4 Å². The molecule has 62 heavy (non-hydrogen) atoms. The number of fused-ring (bicyclic) bond motifs is 11. The van der Waals surface area contributed by atoms with E-state index >= 15 is 0 Å². The molecule has 0 fully saturated rings. The summed E-state index contributed by atoms with van der Waals surface area (Å²) in [7, 11) is 0. The fourth-order valence-electron chi connectivity index (χ4n) is 9.47. The first kappa shape index (κ1) is 34.5. The standard InChI is InChI=1S/C57H34N4O/c1-3-13-35(14-4-1)36-23-25-39(26-24-36)56-58-55(38-16-5-2-6-17-38)59-57(60-56)42-27-29-46-51(33-42)62-52-34-50(44-21-11-12-22-45(44)54(46)52)61-48-30-28-37-15-9-10-20-43(37)53(48)47-31-40-18-7-8-19-41(40)32-49(47)61/h1-34H. The van der Waals surface area contributed by atoms with E-state index in [1.165, 1.54) is 32.3 Å². The molecule has 3 heterocycles. The Morgan fingerprint density at radius 1 is 0.306 bits per heavy atom. The topological polar surface area (TPSA) is 56.7 Å². The lowest BCUT2D eigenvalue weighted by atomic mass is 10.0. The predicted molar refractivity (Wildman–Crippen MR) is 256 cm³/mol. The van der Waals surface area contributed by atoms with Gasteiger partial charge in [-0.2, -0.15) is 0 Å². The Bertz CT molecular complexity index is 3910. The summed E-state index contributed by atoms with van der Waals surface area (Å²) in [5, 5.41) is 11.8. The fraction of sp³-hybridized carbons (Fsp3) is 0. The maximum absolute atomic E-state index is 6.93. The quantitative estimate of drug-likeness (QED) is 0.174. The van der Waals surface area contributed by atoms with Crippen LogP contribution in [0.25, 0.3) is 127 Å². The van der Waals surface area contributed by atoms with Gasteiger partial charge in [0.2, 0.25) is 0 Å². The minimum Gasteiger partial charge on any atom is -0.456 e. The fourth-order valence-corrected chi connectivity index (χ4v) is 9.47. The largest absolute Gasteiger partial charge is 0.456 e. The van der Waals surface area contributed by atoms with Crippen LogP contribution in [0.3, 0.4) is 0 Å². The van der Waals surface area contributed by atoms with E-state index in [9.17, 15) is 0 Å². The molecule has 0 aliphatic heterocycles. The molecule has 5 heteroatoms. The zero-order valence-electron chi connectivity index (χ0n) is 33.3. The lowest BCUT2D eigenvalue weighted by molar-refractivity contribution is 0.669. The van der Waals surface area contributed by atoms with Gasteiger partial charge in [0.1, 0.15) is 11.2 Å². The van der Waals surface area contributed by atoms with Gasteiger partial charge in [0.05, 0.1) is 16.7 Å². The number of nitrogens with zero attached hydrogens (tertiary/aromatic N) is 4. The van der Waals surface area contributed by atoms with E-state index in [0.29, 0.717) is 17.5 Å². The zero-order chi connectivity index (χ0) is 40.7. The average molecular weight is 791 g/mol. The maximum atomic E-state index is 6.93. The van der Waals surface area contributed by atoms with Crippen molar-refractivity contribution in [2.75, 3.05) is 0 Å². The Hall–Kier alpha value is -8.41. The molecule has 0 amide bonds. The molecule has 13 aromatic rings. The van der Waals surface area contributed by atoms with Gasteiger partial charge >= 0.3 is 0 Å². The Morgan fingerprint density at radius 3 is 1.60 bits per heavy atom. The van der Waals surface area contributed by atoms with Crippen LogP contribution in [0, 0.1) is 0 Å². The van der Waals surface area contributed by atoms with Gasteiger partial charge in [-0.05, 0) is 68.4 Å². The van der Waals surface area contributed by atoms with Gasteiger partial charge in [0.15, 0.2) is 17.5 Å². The van der Waals surface area contributed by atoms with Crippen LogP contribution in [0.2, 0.25) is 0 Å². The second-order valence-electron chi connectivity index (χ2n) is 16.0. The summed E-state index contributed by atoms with van der Waals surface area (Å²) in [5.74, 6) is 1.81. The number of aromatic nitrogens is 4. The average Bonchev–Trinajstić information content (AvgIpc) is 3.88. The summed E-state index contributed by atoms with van der Waals surface area (Å²) in [6, 6.07) is 72.7. The second kappa shape index (κ2) is 13.6. The predicted octanol–water partition coefficient (Wildman–Crippen LogP) is 15.0. The number of furan rings is 1. The van der Waals surface area contributed by atoms with Crippen molar-refractivity contribution >= 4 is 76.1 Å². The Labute approximate surface area is 355 Å². The summed E-state index contributed by atoms with van der Waals surface area (Å²) < 4.78 is 9.36. The first-order valence-electron chi connectivity index (χ1n) is 20.9. The molecule has 10 aromatic carbocycles. The normalized spacial score (nSPS) is 11.9. The third-order valence-electron chi connectivity index (χ3n) is 12.4. The molecule has 0 spiro atoms. The van der Waals surface area contributed by atoms with Crippen molar-refractivity contribution in [2.45, 2.75) is 0 Å². The van der Waals surface area contributed by atoms with E-state index in [1.54, 1.807) is 0 Å². The van der Waals surface area contributed by atoms with Crippen molar-refractivity contribution < 1.29 is 4.42 Å². The SMILES string of the molecule is c1ccc(-c2ccc(-c3nc(-c4ccccc4)nc(-c4ccc5c(c4)oc4cc(-n6c7cc8ccccc8cc7c7c8ccccc8ccc76)c6ccccc6c45)n3)cc2)cc1. The van der Waals surface area contributed by atoms with E-state index in [4.69, 9.17) is 19.4 Å². The van der Waals surface area contributed by atoms with E-state index in [-0.39, 0.29) is 0 Å². The highest BCUT2D eigenvalue weighted by Crippen LogP contribution is 2.44. The summed E-state index contributed by atoms with van der Waals surface area (Å²) in [6.45, 7) is 0. The van der Waals surface area contributed by atoms with Crippen molar-refractivity contribution in [1.82, 2.24) is 19.5 Å². The summed E-state index contributed by atoms with van der Waals surface area (Å²) >= 11 is 0. The Balaban J connectivity index is 1.01. The molecule has 0 saturated carbocycles. The number of hydrogen-bond donors (Lipinski definition) is 0. The van der Waals surface area contributed by atoms with Gasteiger partial charge in [-0.1, -0.05) is 170 Å². The van der Waals surface area contributed by atoms with Crippen molar-refractivity contribution in [3.05, 3.63) is 206 Å². The third-order valence-corrected chi connectivity index (χ3v) is 12.4. The van der Waals surface area contributed by atoms with Crippen LogP contribution in [0.1, 0.15) is 0 Å². The maximum Gasteiger partial charge on any atom is 0.164 e. The Morgan fingerprint density at radius 2 is 0.855 bits per heavy atom. The molecule has 0 saturated heterocycles. The van der Waals surface area contributed by atoms with Gasteiger partial charge in [0.25, 0.3) is 0 Å². The van der Waals surface area contributed by atoms with Crippen LogP contribution >= 0.6 is 0 Å². The first-order valence-corrected chi connectivity index (χ1v) is 20.9. The molecule has 13 rings (SSSR count). The third kappa shape index (κ3) is 5.38. The first-order chi connectivity index (χ1) is 30.7. The lowest BCUT2D eigenvalue weighted by Crippen LogP contribution is -2.00. The van der Waals surface area contributed by atoms with Crippen LogP contribution < -0.4 is 0 Å². The van der Waals surface area contributed by atoms with Gasteiger partial charge in [-0.3, -0.25) is 0 Å². The monoisotopic (exact) mass is 790 g/mol. The highest BCUT2D eigenvalue weighted by Gasteiger charge is 2.21. The van der Waals surface area contributed by atoms with Gasteiger partial charge in [0, 0.05) is 49.7 Å². The van der Waals surface area contributed by atoms with E-state index < -0.39 is 0 Å². The zero-order valence-corrected chi connectivity index (χ0v) is 33.3. The highest BCUT2D eigenvalue weighted by atomic mass is 16.3. The molecule has 0 unspecified atom stereocenters. The molecule has 3 aromatic heterocycles. The number of rotatable bonds is 5. The van der Waals surface area contributed by atoms with Crippen molar-refractivity contribution in [1.29, 1.82) is 0 Å². The van der Waals surface area contributed by atoms with Crippen molar-refractivity contribution in [2.24, 2.45) is 0 Å². The van der Waals surface area contributed by atoms with Crippen LogP contribution in [-0.4, -0.2) is 19.5 Å². The van der Waals surface area contributed by atoms with Gasteiger partial charge in [-0.25, -0.2) is 15.0 Å². The molecule has 0 N–H and O–H groups in total. The molecule has 288 valence electrons. The molecule has 0 aliphatic carbocycles. The highest BCUT2D eigenvalue weighted by molar-refractivity contribution is 6.25. The van der Waals surface area contributed by atoms with Crippen LogP contribution in [-0.2, 0) is 0 Å². The molecular formula is C57H34N4O. The molecule has 0 radical (unpaired) electrons. The second-order valence-corrected chi connectivity index (χ2v) is 16.0. The molecule has 0 atom stereocenters. The van der Waals surface area contributed by atoms with Gasteiger partial charge in [-0.15, -0.1) is 0 Å². The summed E-state index contributed by atoms with van der Waals surface area (Å²) in [5.41, 5.74) is 9.98. The van der Waals surface area contributed by atoms with Crippen molar-refractivity contribution in [3.8, 4) is 51.0 Å². The van der Waals surface area contributed by atoms with Gasteiger partial charge < -0.3 is 8.98 Å². The number of hydrogen-bond acceptors (Lipinski definition) is 4. The van der Waals surface area contributed by atoms with Crippen molar-refractivity contribution in [3.63, 3.8) is 0 Å². The molecular weight excluding hydrogens is 757 g/mol. The molecule has 5 nitrogen and oxygen atoms in total. The molecule has 0 aliphatic rings. The lowest BCUT2D eigenvalue weighted by Gasteiger charge is -2.13. The van der Waals surface area contributed by atoms with Crippen LogP contribution in [0.5, 0.6) is 0 Å². The minimum absolute atomic E-state index is 0.582. The summed E-state index contributed by atoms with van der Waals surface area (Å²) in [4.78, 5) is 15.1. The summed E-state index contributed by atoms with van der Waals surface area (Å²) in [6.07, 6.45) is 0. The Kier molecular flexibility index (Phi) is 7.54. The van der Waals surface area contributed by atoms with E-state index in [0.717, 1.165) is 77.2 Å². The van der Waals surface area contributed by atoms with Crippen LogP contribution in [0.15, 0.2) is 211 Å². The van der Waals surface area contributed by atoms with E-state index in [2.05, 4.69) is 174 Å². The van der Waals surface area contributed by atoms with Crippen LogP contribution in [0.4, 0.5) is 0 Å². The smallest absolute Gasteiger partial charge is 0.164 e. The minimum atomic E-state index is 0.582.